The molecular weight excluding hydrogens is 314 g/mol. The van der Waals surface area contributed by atoms with E-state index in [-0.39, 0.29) is 18.1 Å². The molecule has 3 rings (SSSR count). The smallest absolute Gasteiger partial charge is 0.220 e. The minimum absolute atomic E-state index is 0.0581. The molecule has 1 aromatic heterocycles. The highest BCUT2D eigenvalue weighted by Gasteiger charge is 2.18. The van der Waals surface area contributed by atoms with Crippen molar-refractivity contribution in [2.45, 2.75) is 58.1 Å². The van der Waals surface area contributed by atoms with Gasteiger partial charge in [-0.25, -0.2) is 4.68 Å². The molecule has 0 saturated carbocycles. The Balaban J connectivity index is 1.57. The SMILES string of the molecule is Cc1c([C@H](C)NC(=O)CC[C@H]2CCCCO2)cnn1-c1ccccc1. The second kappa shape index (κ2) is 8.30. The fourth-order valence-electron chi connectivity index (χ4n) is 3.40. The van der Waals surface area contributed by atoms with Gasteiger partial charge in [-0.05, 0) is 51.7 Å². The van der Waals surface area contributed by atoms with Crippen LogP contribution in [-0.4, -0.2) is 28.4 Å². The molecule has 1 aliphatic heterocycles. The van der Waals surface area contributed by atoms with Gasteiger partial charge in [-0.3, -0.25) is 4.79 Å². The van der Waals surface area contributed by atoms with Crippen LogP contribution in [-0.2, 0) is 9.53 Å². The number of nitrogens with one attached hydrogen (secondary N) is 1. The summed E-state index contributed by atoms with van der Waals surface area (Å²) >= 11 is 0. The van der Waals surface area contributed by atoms with Crippen molar-refractivity contribution in [3.63, 3.8) is 0 Å². The van der Waals surface area contributed by atoms with Gasteiger partial charge in [0, 0.05) is 24.3 Å². The van der Waals surface area contributed by atoms with E-state index < -0.39 is 0 Å². The van der Waals surface area contributed by atoms with Crippen molar-refractivity contribution in [1.29, 1.82) is 0 Å². The summed E-state index contributed by atoms with van der Waals surface area (Å²) in [5, 5.41) is 7.57. The molecule has 0 radical (unpaired) electrons. The summed E-state index contributed by atoms with van der Waals surface area (Å²) in [5.41, 5.74) is 3.12. The molecule has 5 heteroatoms. The van der Waals surface area contributed by atoms with Crippen LogP contribution in [0.15, 0.2) is 36.5 Å². The number of nitrogens with zero attached hydrogens (tertiary/aromatic N) is 2. The fraction of sp³-hybridized carbons (Fsp3) is 0.500. The molecule has 25 heavy (non-hydrogen) atoms. The van der Waals surface area contributed by atoms with Crippen molar-refractivity contribution < 1.29 is 9.53 Å². The third kappa shape index (κ3) is 4.48. The first-order valence-corrected chi connectivity index (χ1v) is 9.16. The lowest BCUT2D eigenvalue weighted by Gasteiger charge is -2.22. The fourth-order valence-corrected chi connectivity index (χ4v) is 3.40. The summed E-state index contributed by atoms with van der Waals surface area (Å²) in [4.78, 5) is 12.3. The van der Waals surface area contributed by atoms with Crippen LogP contribution >= 0.6 is 0 Å². The lowest BCUT2D eigenvalue weighted by molar-refractivity contribution is -0.122. The Bertz CT molecular complexity index is 690. The predicted molar refractivity (Wildman–Crippen MR) is 97.7 cm³/mol. The summed E-state index contributed by atoms with van der Waals surface area (Å²) in [6, 6.07) is 9.97. The second-order valence-corrected chi connectivity index (χ2v) is 6.75. The maximum absolute atomic E-state index is 12.3. The minimum Gasteiger partial charge on any atom is -0.378 e. The molecular formula is C20H27N3O2. The molecule has 0 unspecified atom stereocenters. The van der Waals surface area contributed by atoms with E-state index in [0.717, 1.165) is 42.8 Å². The highest BCUT2D eigenvalue weighted by atomic mass is 16.5. The third-order valence-electron chi connectivity index (χ3n) is 4.86. The Morgan fingerprint density at radius 1 is 1.36 bits per heavy atom. The number of carbonyl (C=O) groups is 1. The summed E-state index contributed by atoms with van der Waals surface area (Å²) in [7, 11) is 0. The van der Waals surface area contributed by atoms with E-state index in [1.807, 2.05) is 55.1 Å². The van der Waals surface area contributed by atoms with Gasteiger partial charge in [-0.1, -0.05) is 18.2 Å². The largest absolute Gasteiger partial charge is 0.378 e. The van der Waals surface area contributed by atoms with Crippen LogP contribution in [0, 0.1) is 6.92 Å². The summed E-state index contributed by atoms with van der Waals surface area (Å²) < 4.78 is 7.61. The topological polar surface area (TPSA) is 56.1 Å². The first kappa shape index (κ1) is 17.7. The molecule has 134 valence electrons. The maximum Gasteiger partial charge on any atom is 0.220 e. The first-order valence-electron chi connectivity index (χ1n) is 9.16. The van der Waals surface area contributed by atoms with Gasteiger partial charge in [0.2, 0.25) is 5.91 Å². The van der Waals surface area contributed by atoms with Gasteiger partial charge in [0.25, 0.3) is 0 Å². The molecule has 0 spiro atoms. The van der Waals surface area contributed by atoms with Crippen molar-refractivity contribution in [3.8, 4) is 5.69 Å². The van der Waals surface area contributed by atoms with Crippen molar-refractivity contribution in [2.75, 3.05) is 6.61 Å². The highest BCUT2D eigenvalue weighted by Crippen LogP contribution is 2.21. The molecule has 0 bridgehead atoms. The molecule has 2 aromatic rings. The molecule has 1 fully saturated rings. The summed E-state index contributed by atoms with van der Waals surface area (Å²) in [6.45, 7) is 4.88. The molecule has 1 aromatic carbocycles. The van der Waals surface area contributed by atoms with E-state index in [4.69, 9.17) is 4.74 Å². The van der Waals surface area contributed by atoms with Crippen molar-refractivity contribution in [1.82, 2.24) is 15.1 Å². The second-order valence-electron chi connectivity index (χ2n) is 6.75. The van der Waals surface area contributed by atoms with Crippen LogP contribution < -0.4 is 5.32 Å². The van der Waals surface area contributed by atoms with Gasteiger partial charge < -0.3 is 10.1 Å². The third-order valence-corrected chi connectivity index (χ3v) is 4.86. The van der Waals surface area contributed by atoms with Crippen LogP contribution in [0.1, 0.15) is 56.3 Å². The number of ether oxygens (including phenoxy) is 1. The zero-order valence-electron chi connectivity index (χ0n) is 15.1. The average Bonchev–Trinajstić information content (AvgIpc) is 3.03. The van der Waals surface area contributed by atoms with Crippen molar-refractivity contribution >= 4 is 5.91 Å². The van der Waals surface area contributed by atoms with E-state index in [1.165, 1.54) is 6.42 Å². The molecule has 0 aliphatic carbocycles. The van der Waals surface area contributed by atoms with Crippen LogP contribution in [0.25, 0.3) is 5.69 Å². The molecule has 1 amide bonds. The average molecular weight is 341 g/mol. The highest BCUT2D eigenvalue weighted by molar-refractivity contribution is 5.76. The molecule has 1 aliphatic rings. The standard InChI is InChI=1S/C20H27N3O2/c1-15(22-20(24)12-11-18-10-6-7-13-25-18)19-14-21-23(16(19)2)17-8-4-3-5-9-17/h3-5,8-9,14-15,18H,6-7,10-13H2,1-2H3,(H,22,24)/t15-,18+/m0/s1. The Morgan fingerprint density at radius 2 is 2.16 bits per heavy atom. The number of benzene rings is 1. The van der Waals surface area contributed by atoms with E-state index in [0.29, 0.717) is 6.42 Å². The van der Waals surface area contributed by atoms with Gasteiger partial charge in [0.15, 0.2) is 0 Å². The summed E-state index contributed by atoms with van der Waals surface area (Å²) in [6.07, 6.45) is 6.84. The normalized spacial score (nSPS) is 18.7. The Morgan fingerprint density at radius 3 is 2.88 bits per heavy atom. The number of hydrogen-bond acceptors (Lipinski definition) is 3. The Hall–Kier alpha value is -2.14. The molecule has 1 saturated heterocycles. The van der Waals surface area contributed by atoms with Crippen LogP contribution in [0.3, 0.4) is 0 Å². The van der Waals surface area contributed by atoms with Crippen LogP contribution in [0.5, 0.6) is 0 Å². The van der Waals surface area contributed by atoms with Crippen LogP contribution in [0.4, 0.5) is 0 Å². The quantitative estimate of drug-likeness (QED) is 0.871. The maximum atomic E-state index is 12.3. The first-order chi connectivity index (χ1) is 12.1. The Labute approximate surface area is 149 Å². The predicted octanol–water partition coefficient (Wildman–Crippen LogP) is 3.71. The van der Waals surface area contributed by atoms with E-state index in [9.17, 15) is 4.79 Å². The monoisotopic (exact) mass is 341 g/mol. The van der Waals surface area contributed by atoms with Crippen LogP contribution in [0.2, 0.25) is 0 Å². The number of aromatic nitrogens is 2. The van der Waals surface area contributed by atoms with Gasteiger partial charge in [-0.2, -0.15) is 5.10 Å². The van der Waals surface area contributed by atoms with E-state index >= 15 is 0 Å². The van der Waals surface area contributed by atoms with Gasteiger partial charge in [0.05, 0.1) is 24.0 Å². The lowest BCUT2D eigenvalue weighted by Crippen LogP contribution is -2.28. The molecule has 2 atom stereocenters. The number of para-hydroxylation sites is 1. The van der Waals surface area contributed by atoms with Gasteiger partial charge in [-0.15, -0.1) is 0 Å². The van der Waals surface area contributed by atoms with E-state index in [2.05, 4.69) is 10.4 Å². The molecule has 5 nitrogen and oxygen atoms in total. The lowest BCUT2D eigenvalue weighted by atomic mass is 10.0. The zero-order chi connectivity index (χ0) is 17.6. The minimum atomic E-state index is -0.0581. The van der Waals surface area contributed by atoms with Crippen molar-refractivity contribution in [3.05, 3.63) is 47.8 Å². The number of hydrogen-bond donors (Lipinski definition) is 1. The van der Waals surface area contributed by atoms with E-state index in [1.54, 1.807) is 0 Å². The molecule has 1 N–H and O–H groups in total. The Kier molecular flexibility index (Phi) is 5.87. The summed E-state index contributed by atoms with van der Waals surface area (Å²) in [5.74, 6) is 0.0773. The number of carbonyl (C=O) groups excluding carboxylic acids is 1. The van der Waals surface area contributed by atoms with Gasteiger partial charge in [0.1, 0.15) is 0 Å². The number of rotatable bonds is 6. The van der Waals surface area contributed by atoms with Gasteiger partial charge >= 0.3 is 0 Å². The van der Waals surface area contributed by atoms with Crippen molar-refractivity contribution in [2.24, 2.45) is 0 Å². The zero-order valence-corrected chi connectivity index (χ0v) is 15.1. The number of amides is 1. The molecule has 2 heterocycles.